The first-order valence-corrected chi connectivity index (χ1v) is 9.85. The molecule has 6 heteroatoms. The van der Waals surface area contributed by atoms with Crippen LogP contribution >= 0.6 is 11.3 Å². The van der Waals surface area contributed by atoms with E-state index in [-0.39, 0.29) is 5.91 Å². The van der Waals surface area contributed by atoms with E-state index in [0.717, 1.165) is 52.4 Å². The topological polar surface area (TPSA) is 58.1 Å². The molecular formula is C18H24N4OS. The van der Waals surface area contributed by atoms with Gasteiger partial charge in [0.2, 0.25) is 0 Å². The molecule has 5 nitrogen and oxygen atoms in total. The van der Waals surface area contributed by atoms with Crippen LogP contribution in [0.4, 0.5) is 5.82 Å². The zero-order valence-electron chi connectivity index (χ0n) is 14.2. The lowest BCUT2D eigenvalue weighted by atomic mass is 10.1. The first kappa shape index (κ1) is 15.8. The van der Waals surface area contributed by atoms with Crippen molar-refractivity contribution < 1.29 is 4.79 Å². The van der Waals surface area contributed by atoms with E-state index >= 15 is 0 Å². The minimum Gasteiger partial charge on any atom is -0.356 e. The van der Waals surface area contributed by atoms with E-state index in [1.54, 1.807) is 6.33 Å². The van der Waals surface area contributed by atoms with Crippen molar-refractivity contribution in [2.45, 2.75) is 57.9 Å². The number of amides is 1. The number of hydrogen-bond acceptors (Lipinski definition) is 5. The molecule has 1 aliphatic carbocycles. The summed E-state index contributed by atoms with van der Waals surface area (Å²) in [5.74, 6) is 1.07. The van der Waals surface area contributed by atoms with E-state index in [4.69, 9.17) is 0 Å². The van der Waals surface area contributed by atoms with Gasteiger partial charge in [0.15, 0.2) is 0 Å². The Hall–Kier alpha value is -1.69. The predicted octanol–water partition coefficient (Wildman–Crippen LogP) is 3.66. The smallest absolute Gasteiger partial charge is 0.261 e. The maximum absolute atomic E-state index is 12.7. The van der Waals surface area contributed by atoms with Crippen molar-refractivity contribution in [3.63, 3.8) is 0 Å². The van der Waals surface area contributed by atoms with Gasteiger partial charge in [-0.3, -0.25) is 4.79 Å². The number of nitrogens with one attached hydrogen (secondary N) is 1. The van der Waals surface area contributed by atoms with E-state index in [0.29, 0.717) is 6.04 Å². The maximum atomic E-state index is 12.7. The van der Waals surface area contributed by atoms with E-state index in [1.807, 2.05) is 6.92 Å². The Labute approximate surface area is 146 Å². The number of carbonyl (C=O) groups is 1. The molecule has 2 fully saturated rings. The van der Waals surface area contributed by atoms with Crippen LogP contribution in [0.2, 0.25) is 0 Å². The summed E-state index contributed by atoms with van der Waals surface area (Å²) in [6.07, 6.45) is 10.0. The Morgan fingerprint density at radius 1 is 1.17 bits per heavy atom. The SMILES string of the molecule is Cc1c(C(=O)NC2CCCC2)sc2ncnc(N3CCCCC3)c12. The number of anilines is 1. The fourth-order valence-electron chi connectivity index (χ4n) is 3.94. The average Bonchev–Trinajstić information content (AvgIpc) is 3.23. The summed E-state index contributed by atoms with van der Waals surface area (Å²) >= 11 is 1.50. The molecule has 2 aromatic rings. The standard InChI is InChI=1S/C18H24N4OS/c1-12-14-16(22-9-5-2-6-10-22)19-11-20-18(14)24-15(12)17(23)21-13-7-3-4-8-13/h11,13H,2-10H2,1H3,(H,21,23). The molecule has 24 heavy (non-hydrogen) atoms. The fourth-order valence-corrected chi connectivity index (χ4v) is 4.98. The Morgan fingerprint density at radius 2 is 1.92 bits per heavy atom. The molecule has 0 unspecified atom stereocenters. The molecule has 0 spiro atoms. The van der Waals surface area contributed by atoms with E-state index in [9.17, 15) is 4.79 Å². The van der Waals surface area contributed by atoms with Gasteiger partial charge in [0.05, 0.1) is 10.3 Å². The first-order chi connectivity index (χ1) is 11.7. The van der Waals surface area contributed by atoms with Gasteiger partial charge in [0, 0.05) is 19.1 Å². The summed E-state index contributed by atoms with van der Waals surface area (Å²) in [4.78, 5) is 25.8. The third-order valence-electron chi connectivity index (χ3n) is 5.26. The number of fused-ring (bicyclic) bond motifs is 1. The van der Waals surface area contributed by atoms with E-state index in [2.05, 4.69) is 20.2 Å². The number of thiophene rings is 1. The average molecular weight is 344 g/mol. The number of carbonyl (C=O) groups excluding carboxylic acids is 1. The highest BCUT2D eigenvalue weighted by Gasteiger charge is 2.24. The second kappa shape index (κ2) is 6.67. The van der Waals surface area contributed by atoms with Crippen molar-refractivity contribution in [1.29, 1.82) is 0 Å². The van der Waals surface area contributed by atoms with Gasteiger partial charge in [-0.15, -0.1) is 11.3 Å². The van der Waals surface area contributed by atoms with Crippen LogP contribution in [0, 0.1) is 6.92 Å². The molecule has 1 aliphatic heterocycles. The number of aromatic nitrogens is 2. The molecule has 2 aromatic heterocycles. The molecular weight excluding hydrogens is 320 g/mol. The summed E-state index contributed by atoms with van der Waals surface area (Å²) in [6.45, 7) is 4.13. The lowest BCUT2D eigenvalue weighted by Gasteiger charge is -2.28. The van der Waals surface area contributed by atoms with Crippen LogP contribution in [-0.2, 0) is 0 Å². The van der Waals surface area contributed by atoms with E-state index < -0.39 is 0 Å². The summed E-state index contributed by atoms with van der Waals surface area (Å²) in [5, 5.41) is 4.28. The number of piperidine rings is 1. The van der Waals surface area contributed by atoms with Crippen LogP contribution in [0.15, 0.2) is 6.33 Å². The number of hydrogen-bond donors (Lipinski definition) is 1. The summed E-state index contributed by atoms with van der Waals surface area (Å²) in [6, 6.07) is 0.342. The highest BCUT2D eigenvalue weighted by molar-refractivity contribution is 7.20. The maximum Gasteiger partial charge on any atom is 0.261 e. The van der Waals surface area contributed by atoms with Crippen molar-refractivity contribution >= 4 is 33.3 Å². The van der Waals surface area contributed by atoms with Gasteiger partial charge in [-0.1, -0.05) is 12.8 Å². The van der Waals surface area contributed by atoms with Crippen molar-refractivity contribution in [1.82, 2.24) is 15.3 Å². The van der Waals surface area contributed by atoms with Gasteiger partial charge in [-0.25, -0.2) is 9.97 Å². The quantitative estimate of drug-likeness (QED) is 0.923. The zero-order chi connectivity index (χ0) is 16.5. The Kier molecular flexibility index (Phi) is 4.39. The summed E-state index contributed by atoms with van der Waals surface area (Å²) in [7, 11) is 0. The lowest BCUT2D eigenvalue weighted by Crippen LogP contribution is -2.32. The van der Waals surface area contributed by atoms with Crippen LogP contribution in [0.5, 0.6) is 0 Å². The summed E-state index contributed by atoms with van der Waals surface area (Å²) < 4.78 is 0. The van der Waals surface area contributed by atoms with Crippen molar-refractivity contribution in [2.24, 2.45) is 0 Å². The molecule has 0 aromatic carbocycles. The Bertz CT molecular complexity index is 745. The van der Waals surface area contributed by atoms with Crippen LogP contribution in [0.1, 0.15) is 60.2 Å². The molecule has 128 valence electrons. The number of nitrogens with zero attached hydrogens (tertiary/aromatic N) is 3. The Balaban J connectivity index is 1.67. The molecule has 1 saturated carbocycles. The minimum absolute atomic E-state index is 0.0620. The molecule has 1 saturated heterocycles. The normalized spacial score (nSPS) is 19.1. The highest BCUT2D eigenvalue weighted by Crippen LogP contribution is 2.35. The third kappa shape index (κ3) is 2.88. The monoisotopic (exact) mass is 344 g/mol. The summed E-state index contributed by atoms with van der Waals surface area (Å²) in [5.41, 5.74) is 1.03. The van der Waals surface area contributed by atoms with Crippen molar-refractivity contribution in [3.05, 3.63) is 16.8 Å². The van der Waals surface area contributed by atoms with Gasteiger partial charge < -0.3 is 10.2 Å². The van der Waals surface area contributed by atoms with Crippen LogP contribution < -0.4 is 10.2 Å². The largest absolute Gasteiger partial charge is 0.356 e. The van der Waals surface area contributed by atoms with Crippen molar-refractivity contribution in [3.8, 4) is 0 Å². The molecule has 3 heterocycles. The zero-order valence-corrected chi connectivity index (χ0v) is 15.0. The fraction of sp³-hybridized carbons (Fsp3) is 0.611. The van der Waals surface area contributed by atoms with Gasteiger partial charge >= 0.3 is 0 Å². The van der Waals surface area contributed by atoms with Crippen LogP contribution in [0.3, 0.4) is 0 Å². The second-order valence-electron chi connectivity index (χ2n) is 6.94. The molecule has 1 N–H and O–H groups in total. The molecule has 1 amide bonds. The highest BCUT2D eigenvalue weighted by atomic mass is 32.1. The first-order valence-electron chi connectivity index (χ1n) is 9.04. The number of aryl methyl sites for hydroxylation is 1. The molecule has 0 radical (unpaired) electrons. The Morgan fingerprint density at radius 3 is 2.67 bits per heavy atom. The van der Waals surface area contributed by atoms with Crippen LogP contribution in [-0.4, -0.2) is 35.0 Å². The van der Waals surface area contributed by atoms with Crippen LogP contribution in [0.25, 0.3) is 10.2 Å². The molecule has 0 atom stereocenters. The van der Waals surface area contributed by atoms with Gasteiger partial charge in [0.25, 0.3) is 5.91 Å². The number of rotatable bonds is 3. The van der Waals surface area contributed by atoms with E-state index in [1.165, 1.54) is 43.4 Å². The van der Waals surface area contributed by atoms with Gasteiger partial charge in [0.1, 0.15) is 17.0 Å². The second-order valence-corrected chi connectivity index (χ2v) is 7.94. The van der Waals surface area contributed by atoms with Crippen molar-refractivity contribution in [2.75, 3.05) is 18.0 Å². The lowest BCUT2D eigenvalue weighted by molar-refractivity contribution is 0.0941. The van der Waals surface area contributed by atoms with Gasteiger partial charge in [-0.05, 0) is 44.6 Å². The molecule has 0 bridgehead atoms. The predicted molar refractivity (Wildman–Crippen MR) is 97.9 cm³/mol. The minimum atomic E-state index is 0.0620. The van der Waals surface area contributed by atoms with Gasteiger partial charge in [-0.2, -0.15) is 0 Å². The third-order valence-corrected chi connectivity index (χ3v) is 6.46. The molecule has 4 rings (SSSR count). The molecule has 2 aliphatic rings.